The van der Waals surface area contributed by atoms with Gasteiger partial charge >= 0.3 is 0 Å². The molecule has 1 fully saturated rings. The Morgan fingerprint density at radius 3 is 2.00 bits per heavy atom. The van der Waals surface area contributed by atoms with Crippen LogP contribution in [0.3, 0.4) is 0 Å². The van der Waals surface area contributed by atoms with Gasteiger partial charge in [0.05, 0.1) is 0 Å². The molecule has 1 aliphatic rings. The first-order valence-corrected chi connectivity index (χ1v) is 1.96. The van der Waals surface area contributed by atoms with Crippen molar-refractivity contribution in [2.75, 3.05) is 0 Å². The predicted octanol–water partition coefficient (Wildman–Crippen LogP) is 1.53. The maximum atomic E-state index is 3.06. The Morgan fingerprint density at radius 2 is 2.00 bits per heavy atom. The topological polar surface area (TPSA) is 0 Å². The Bertz CT molecular complexity index is 58.3. The van der Waals surface area contributed by atoms with Crippen molar-refractivity contribution in [1.29, 1.82) is 0 Å². The Kier molecular flexibility index (Phi) is 3.34. The van der Waals surface area contributed by atoms with Gasteiger partial charge in [0.2, 0.25) is 0 Å². The molecule has 31 valence electrons. The molecule has 0 nitrogen and oxygen atoms in total. The van der Waals surface area contributed by atoms with Gasteiger partial charge < -0.3 is 6.08 Å². The van der Waals surface area contributed by atoms with Crippen molar-refractivity contribution >= 4 is 0 Å². The minimum Gasteiger partial charge on any atom is -0.500 e. The van der Waals surface area contributed by atoms with E-state index in [4.69, 9.17) is 0 Å². The molecule has 1 heteroatoms. The molecule has 1 saturated carbocycles. The second-order valence-electron chi connectivity index (χ2n) is 1.35. The number of allylic oxidation sites excluding steroid dienone is 2. The van der Waals surface area contributed by atoms with Crippen LogP contribution in [0.25, 0.3) is 0 Å². The van der Waals surface area contributed by atoms with Gasteiger partial charge in [0.25, 0.3) is 0 Å². The fraction of sp³-hybridized carbons (Fsp3) is 0.600. The zero-order valence-corrected chi connectivity index (χ0v) is 6.83. The van der Waals surface area contributed by atoms with Crippen molar-refractivity contribution in [1.82, 2.24) is 0 Å². The van der Waals surface area contributed by atoms with Gasteiger partial charge in [-0.2, -0.15) is 6.92 Å². The first kappa shape index (κ1) is 6.84. The van der Waals surface area contributed by atoms with Gasteiger partial charge in [-0.1, -0.05) is 12.8 Å². The molecule has 0 N–H and O–H groups in total. The first-order chi connectivity index (χ1) is 2.43. The quantitative estimate of drug-likeness (QED) is 0.466. The smallest absolute Gasteiger partial charge is 0 e. The molecule has 0 aliphatic heterocycles. The largest absolute Gasteiger partial charge is 0.500 e. The van der Waals surface area contributed by atoms with E-state index in [9.17, 15) is 0 Å². The molecule has 0 spiro atoms. The fourth-order valence-electron chi connectivity index (χ4n) is 0.312. The molecule has 1 rings (SSSR count). The van der Waals surface area contributed by atoms with Crippen LogP contribution in [-0.4, -0.2) is 0 Å². The average molecular weight is 156 g/mol. The van der Waals surface area contributed by atoms with E-state index >= 15 is 0 Å². The van der Waals surface area contributed by atoms with Crippen LogP contribution in [0.4, 0.5) is 0 Å². The van der Waals surface area contributed by atoms with E-state index in [0.717, 1.165) is 0 Å². The van der Waals surface area contributed by atoms with Crippen molar-refractivity contribution in [3.63, 3.8) is 0 Å². The van der Waals surface area contributed by atoms with Gasteiger partial charge in [-0.25, -0.2) is 0 Å². The van der Waals surface area contributed by atoms with Crippen LogP contribution in [0, 0.1) is 6.08 Å². The van der Waals surface area contributed by atoms with Crippen molar-refractivity contribution in [3.8, 4) is 0 Å². The zero-order chi connectivity index (χ0) is 3.70. The van der Waals surface area contributed by atoms with Crippen LogP contribution in [0.5, 0.6) is 0 Å². The Morgan fingerprint density at radius 1 is 1.50 bits per heavy atom. The number of rotatable bonds is 0. The molecule has 0 aromatic heterocycles. The molecular weight excluding hydrogens is 149 g/mol. The van der Waals surface area contributed by atoms with Crippen LogP contribution in [0.2, 0.25) is 0 Å². The SMILES string of the molecule is C[C-]=C1CC1.[Y]. The summed E-state index contributed by atoms with van der Waals surface area (Å²) >= 11 is 0. The van der Waals surface area contributed by atoms with E-state index in [0.29, 0.717) is 0 Å². The van der Waals surface area contributed by atoms with Crippen LogP contribution in [-0.2, 0) is 32.7 Å². The summed E-state index contributed by atoms with van der Waals surface area (Å²) in [6.07, 6.45) is 5.69. The van der Waals surface area contributed by atoms with E-state index < -0.39 is 0 Å². The zero-order valence-electron chi connectivity index (χ0n) is 3.99. The molecule has 1 aliphatic carbocycles. The van der Waals surface area contributed by atoms with Gasteiger partial charge in [0, 0.05) is 32.7 Å². The third kappa shape index (κ3) is 2.10. The summed E-state index contributed by atoms with van der Waals surface area (Å²) in [7, 11) is 0. The van der Waals surface area contributed by atoms with E-state index in [1.54, 1.807) is 0 Å². The maximum Gasteiger partial charge on any atom is 0 e. The molecule has 0 unspecified atom stereocenters. The third-order valence-corrected chi connectivity index (χ3v) is 0.854. The minimum atomic E-state index is 0. The van der Waals surface area contributed by atoms with E-state index in [-0.39, 0.29) is 32.7 Å². The van der Waals surface area contributed by atoms with Crippen molar-refractivity contribution in [2.45, 2.75) is 19.8 Å². The summed E-state index contributed by atoms with van der Waals surface area (Å²) in [6.45, 7) is 1.97. The van der Waals surface area contributed by atoms with Crippen molar-refractivity contribution in [3.05, 3.63) is 11.6 Å². The summed E-state index contributed by atoms with van der Waals surface area (Å²) < 4.78 is 0. The molecule has 0 aromatic rings. The monoisotopic (exact) mass is 156 g/mol. The van der Waals surface area contributed by atoms with Gasteiger partial charge in [-0.05, 0) is 0 Å². The van der Waals surface area contributed by atoms with Gasteiger partial charge in [-0.3, -0.25) is 5.57 Å². The Hall–Kier alpha value is 0.844. The molecule has 0 atom stereocenters. The summed E-state index contributed by atoms with van der Waals surface area (Å²) in [5, 5.41) is 0. The normalized spacial score (nSPS) is 15.8. The predicted molar refractivity (Wildman–Crippen MR) is 21.7 cm³/mol. The van der Waals surface area contributed by atoms with E-state index in [1.807, 2.05) is 6.92 Å². The molecule has 0 heterocycles. The fourth-order valence-corrected chi connectivity index (χ4v) is 0.312. The Balaban J connectivity index is 0.000000250. The third-order valence-electron chi connectivity index (χ3n) is 0.854. The molecule has 0 aromatic carbocycles. The van der Waals surface area contributed by atoms with Gasteiger partial charge in [0.15, 0.2) is 0 Å². The van der Waals surface area contributed by atoms with E-state index in [2.05, 4.69) is 6.08 Å². The molecule has 0 saturated heterocycles. The second kappa shape index (κ2) is 2.93. The summed E-state index contributed by atoms with van der Waals surface area (Å²) in [4.78, 5) is 0. The van der Waals surface area contributed by atoms with Crippen LogP contribution < -0.4 is 0 Å². The molecule has 0 amide bonds. The summed E-state index contributed by atoms with van der Waals surface area (Å²) in [5.41, 5.74) is 1.50. The maximum absolute atomic E-state index is 3.06. The molecule has 0 bridgehead atoms. The first-order valence-electron chi connectivity index (χ1n) is 1.96. The van der Waals surface area contributed by atoms with Gasteiger partial charge in [0.1, 0.15) is 0 Å². The van der Waals surface area contributed by atoms with Crippen LogP contribution in [0.1, 0.15) is 19.8 Å². The molecule has 1 radical (unpaired) electrons. The van der Waals surface area contributed by atoms with E-state index in [1.165, 1.54) is 18.4 Å². The summed E-state index contributed by atoms with van der Waals surface area (Å²) in [5.74, 6) is 0. The molecule has 6 heavy (non-hydrogen) atoms. The number of hydrogen-bond acceptors (Lipinski definition) is 0. The summed E-state index contributed by atoms with van der Waals surface area (Å²) in [6, 6.07) is 0. The number of hydrogen-bond donors (Lipinski definition) is 0. The van der Waals surface area contributed by atoms with Crippen molar-refractivity contribution < 1.29 is 32.7 Å². The Labute approximate surface area is 63.9 Å². The average Bonchev–Trinajstić information content (AvgIpc) is 2.12. The minimum absolute atomic E-state index is 0. The van der Waals surface area contributed by atoms with Crippen molar-refractivity contribution in [2.24, 2.45) is 0 Å². The van der Waals surface area contributed by atoms with Crippen LogP contribution >= 0.6 is 0 Å². The standard InChI is InChI=1S/C5H7.Y/c1-2-5-3-4-5;/h3-4H2,1H3;/q-1;. The second-order valence-corrected chi connectivity index (χ2v) is 1.35. The van der Waals surface area contributed by atoms with Gasteiger partial charge in [-0.15, -0.1) is 0 Å². The van der Waals surface area contributed by atoms with Crippen LogP contribution in [0.15, 0.2) is 5.57 Å². The molecular formula is C5H7Y-.